The van der Waals surface area contributed by atoms with Gasteiger partial charge in [0.15, 0.2) is 11.5 Å². The molecular weight excluding hydrogens is 338 g/mol. The van der Waals surface area contributed by atoms with Crippen LogP contribution in [0.2, 0.25) is 0 Å². The summed E-state index contributed by atoms with van der Waals surface area (Å²) in [5.41, 5.74) is 4.61. The molecule has 6 heteroatoms. The minimum absolute atomic E-state index is 0.174. The van der Waals surface area contributed by atoms with Gasteiger partial charge in [-0.05, 0) is 41.6 Å². The maximum absolute atomic E-state index is 12.4. The summed E-state index contributed by atoms with van der Waals surface area (Å²) < 4.78 is 16.2. The molecule has 5 nitrogen and oxygen atoms in total. The van der Waals surface area contributed by atoms with Crippen LogP contribution in [0.1, 0.15) is 17.0 Å². The van der Waals surface area contributed by atoms with Crippen LogP contribution in [-0.2, 0) is 9.53 Å². The number of nitrogens with one attached hydrogen (secondary N) is 1. The lowest BCUT2D eigenvalue weighted by molar-refractivity contribution is -0.136. The highest BCUT2D eigenvalue weighted by molar-refractivity contribution is 7.98. The number of carbonyl (C=O) groups is 1. The van der Waals surface area contributed by atoms with Crippen molar-refractivity contribution in [1.82, 2.24) is 0 Å². The third-order valence-electron chi connectivity index (χ3n) is 4.77. The first-order valence-corrected chi connectivity index (χ1v) is 9.22. The largest absolute Gasteiger partial charge is 0.456 e. The molecule has 3 aliphatic heterocycles. The third kappa shape index (κ3) is 2.21. The van der Waals surface area contributed by atoms with Gasteiger partial charge in [-0.15, -0.1) is 11.8 Å². The lowest BCUT2D eigenvalue weighted by Gasteiger charge is -2.27. The topological polar surface area (TPSA) is 56.8 Å². The van der Waals surface area contributed by atoms with Crippen molar-refractivity contribution in [2.75, 3.05) is 25.0 Å². The van der Waals surface area contributed by atoms with E-state index >= 15 is 0 Å². The summed E-state index contributed by atoms with van der Waals surface area (Å²) in [6, 6.07) is 12.1. The molecule has 0 spiro atoms. The zero-order chi connectivity index (χ0) is 17.0. The summed E-state index contributed by atoms with van der Waals surface area (Å²) in [5.74, 6) is 1.02. The van der Waals surface area contributed by atoms with Crippen LogP contribution in [0.3, 0.4) is 0 Å². The Hall–Kier alpha value is -2.60. The lowest BCUT2D eigenvalue weighted by Crippen LogP contribution is -2.19. The quantitative estimate of drug-likeness (QED) is 0.659. The van der Waals surface area contributed by atoms with Crippen molar-refractivity contribution < 1.29 is 19.0 Å². The van der Waals surface area contributed by atoms with Crippen molar-refractivity contribution in [3.63, 3.8) is 0 Å². The monoisotopic (exact) mass is 353 g/mol. The fraction of sp³-hybridized carbons (Fsp3) is 0.211. The molecule has 2 aromatic rings. The van der Waals surface area contributed by atoms with Gasteiger partial charge in [-0.3, -0.25) is 0 Å². The number of thioether (sulfide) groups is 1. The smallest absolute Gasteiger partial charge is 0.337 e. The SMILES string of the molecule is CSc1ccc2c(c1)NC1=C(C(=O)OC1)C2c1ccc2c(c1)OCO2. The van der Waals surface area contributed by atoms with Gasteiger partial charge in [0, 0.05) is 16.5 Å². The van der Waals surface area contributed by atoms with Crippen LogP contribution in [0.5, 0.6) is 11.5 Å². The Morgan fingerprint density at radius 2 is 1.96 bits per heavy atom. The summed E-state index contributed by atoms with van der Waals surface area (Å²) in [6.45, 7) is 0.521. The van der Waals surface area contributed by atoms with E-state index in [1.807, 2.05) is 24.5 Å². The van der Waals surface area contributed by atoms with E-state index in [2.05, 4.69) is 23.5 Å². The van der Waals surface area contributed by atoms with Crippen molar-refractivity contribution in [3.05, 3.63) is 58.8 Å². The van der Waals surface area contributed by atoms with Crippen molar-refractivity contribution in [2.45, 2.75) is 10.8 Å². The van der Waals surface area contributed by atoms with E-state index in [1.54, 1.807) is 11.8 Å². The second kappa shape index (κ2) is 5.46. The predicted molar refractivity (Wildman–Crippen MR) is 94.2 cm³/mol. The molecule has 0 aromatic heterocycles. The zero-order valence-electron chi connectivity index (χ0n) is 13.5. The van der Waals surface area contributed by atoms with Gasteiger partial charge in [0.1, 0.15) is 6.61 Å². The van der Waals surface area contributed by atoms with Crippen LogP contribution >= 0.6 is 11.8 Å². The Kier molecular flexibility index (Phi) is 3.21. The van der Waals surface area contributed by atoms with E-state index in [9.17, 15) is 4.79 Å². The first-order chi connectivity index (χ1) is 12.2. The molecule has 3 aliphatic rings. The van der Waals surface area contributed by atoms with Crippen molar-refractivity contribution in [2.24, 2.45) is 0 Å². The molecule has 1 unspecified atom stereocenters. The van der Waals surface area contributed by atoms with Crippen molar-refractivity contribution >= 4 is 23.4 Å². The van der Waals surface area contributed by atoms with E-state index in [4.69, 9.17) is 14.2 Å². The molecule has 0 saturated carbocycles. The molecular formula is C19H15NO4S. The van der Waals surface area contributed by atoms with Crippen LogP contribution in [-0.4, -0.2) is 25.6 Å². The number of ether oxygens (including phenoxy) is 3. The number of hydrogen-bond donors (Lipinski definition) is 1. The van der Waals surface area contributed by atoms with Crippen LogP contribution in [0, 0.1) is 0 Å². The molecule has 0 radical (unpaired) electrons. The highest BCUT2D eigenvalue weighted by Gasteiger charge is 2.38. The van der Waals surface area contributed by atoms with Gasteiger partial charge >= 0.3 is 5.97 Å². The first kappa shape index (κ1) is 14.7. The fourth-order valence-electron chi connectivity index (χ4n) is 3.59. The van der Waals surface area contributed by atoms with Gasteiger partial charge in [0.2, 0.25) is 6.79 Å². The fourth-order valence-corrected chi connectivity index (χ4v) is 4.03. The third-order valence-corrected chi connectivity index (χ3v) is 5.49. The molecule has 0 fully saturated rings. The Balaban J connectivity index is 1.69. The molecule has 1 atom stereocenters. The summed E-state index contributed by atoms with van der Waals surface area (Å²) in [4.78, 5) is 13.6. The molecule has 0 aliphatic carbocycles. The Bertz CT molecular complexity index is 937. The standard InChI is InChI=1S/C19H15NO4S/c1-25-11-3-4-12-13(7-11)20-14-8-22-19(21)18(14)17(12)10-2-5-15-16(6-10)24-9-23-15/h2-7,17,20H,8-9H2,1H3. The molecule has 0 amide bonds. The van der Waals surface area contributed by atoms with Gasteiger partial charge in [0.25, 0.3) is 0 Å². The summed E-state index contributed by atoms with van der Waals surface area (Å²) in [6.07, 6.45) is 2.05. The molecule has 5 rings (SSSR count). The number of benzene rings is 2. The molecule has 25 heavy (non-hydrogen) atoms. The van der Waals surface area contributed by atoms with E-state index in [0.29, 0.717) is 11.3 Å². The van der Waals surface area contributed by atoms with Gasteiger partial charge in [-0.2, -0.15) is 0 Å². The number of carbonyl (C=O) groups excluding carboxylic acids is 1. The van der Waals surface area contributed by atoms with Crippen LogP contribution in [0.25, 0.3) is 0 Å². The van der Waals surface area contributed by atoms with E-state index in [0.717, 1.165) is 28.3 Å². The van der Waals surface area contributed by atoms with Crippen LogP contribution in [0.15, 0.2) is 52.6 Å². The predicted octanol–water partition coefficient (Wildman–Crippen LogP) is 3.51. The number of cyclic esters (lactones) is 1. The zero-order valence-corrected chi connectivity index (χ0v) is 14.3. The average Bonchev–Trinajstić information content (AvgIpc) is 3.25. The number of anilines is 1. The summed E-state index contributed by atoms with van der Waals surface area (Å²) in [5, 5.41) is 3.38. The number of esters is 1. The Morgan fingerprint density at radius 3 is 2.84 bits per heavy atom. The van der Waals surface area contributed by atoms with Crippen LogP contribution < -0.4 is 14.8 Å². The lowest BCUT2D eigenvalue weighted by atomic mass is 9.81. The minimum Gasteiger partial charge on any atom is -0.456 e. The van der Waals surface area contributed by atoms with Crippen LogP contribution in [0.4, 0.5) is 5.69 Å². The highest BCUT2D eigenvalue weighted by Crippen LogP contribution is 2.47. The summed E-state index contributed by atoms with van der Waals surface area (Å²) >= 11 is 1.69. The van der Waals surface area contributed by atoms with Gasteiger partial charge in [-0.1, -0.05) is 12.1 Å². The minimum atomic E-state index is -0.259. The molecule has 3 heterocycles. The Labute approximate surface area is 149 Å². The average molecular weight is 353 g/mol. The number of fused-ring (bicyclic) bond motifs is 2. The highest BCUT2D eigenvalue weighted by atomic mass is 32.2. The molecule has 0 bridgehead atoms. The van der Waals surface area contributed by atoms with E-state index in [1.165, 1.54) is 4.90 Å². The molecule has 2 aromatic carbocycles. The Morgan fingerprint density at radius 1 is 1.08 bits per heavy atom. The first-order valence-electron chi connectivity index (χ1n) is 7.99. The molecule has 1 N–H and O–H groups in total. The van der Waals surface area contributed by atoms with Gasteiger partial charge < -0.3 is 19.5 Å². The van der Waals surface area contributed by atoms with E-state index in [-0.39, 0.29) is 25.3 Å². The summed E-state index contributed by atoms with van der Waals surface area (Å²) in [7, 11) is 0. The van der Waals surface area contributed by atoms with Gasteiger partial charge in [0.05, 0.1) is 11.3 Å². The maximum atomic E-state index is 12.4. The second-order valence-corrected chi connectivity index (χ2v) is 6.97. The number of rotatable bonds is 2. The molecule has 126 valence electrons. The van der Waals surface area contributed by atoms with Crippen molar-refractivity contribution in [1.29, 1.82) is 0 Å². The molecule has 0 saturated heterocycles. The number of hydrogen-bond acceptors (Lipinski definition) is 6. The van der Waals surface area contributed by atoms with Gasteiger partial charge in [-0.25, -0.2) is 4.79 Å². The maximum Gasteiger partial charge on any atom is 0.337 e. The van der Waals surface area contributed by atoms with E-state index < -0.39 is 0 Å². The normalized spacial score (nSPS) is 20.0. The second-order valence-electron chi connectivity index (χ2n) is 6.09. The van der Waals surface area contributed by atoms with Crippen molar-refractivity contribution in [3.8, 4) is 11.5 Å².